The van der Waals surface area contributed by atoms with E-state index in [0.29, 0.717) is 11.7 Å². The molecule has 2 N–H and O–H groups in total. The summed E-state index contributed by atoms with van der Waals surface area (Å²) in [6, 6.07) is 1.93. The van der Waals surface area contributed by atoms with Crippen LogP contribution in [0.4, 0.5) is 0 Å². The standard InChI is InChI=1S/C10H15N3/c1-7(2)9-4-5-12-10(13-9)8(3)6-11/h4-7H,11H2,1-3H3/b8-6-. The van der Waals surface area contributed by atoms with Crippen LogP contribution >= 0.6 is 0 Å². The van der Waals surface area contributed by atoms with Gasteiger partial charge in [-0.05, 0) is 18.9 Å². The van der Waals surface area contributed by atoms with Gasteiger partial charge in [0.2, 0.25) is 0 Å². The second-order valence-corrected chi connectivity index (χ2v) is 3.31. The van der Waals surface area contributed by atoms with Gasteiger partial charge in [0.15, 0.2) is 5.82 Å². The Balaban J connectivity index is 3.05. The van der Waals surface area contributed by atoms with Crippen molar-refractivity contribution in [2.45, 2.75) is 26.7 Å². The minimum Gasteiger partial charge on any atom is -0.404 e. The molecule has 0 aliphatic rings. The maximum Gasteiger partial charge on any atom is 0.156 e. The van der Waals surface area contributed by atoms with Gasteiger partial charge in [0.1, 0.15) is 0 Å². The Bertz CT molecular complexity index is 316. The Morgan fingerprint density at radius 3 is 2.77 bits per heavy atom. The summed E-state index contributed by atoms with van der Waals surface area (Å²) in [6.45, 7) is 6.11. The van der Waals surface area contributed by atoms with Crippen LogP contribution in [-0.2, 0) is 0 Å². The molecule has 1 heterocycles. The fourth-order valence-electron chi connectivity index (χ4n) is 0.959. The maximum atomic E-state index is 5.39. The smallest absolute Gasteiger partial charge is 0.156 e. The molecule has 0 saturated heterocycles. The van der Waals surface area contributed by atoms with Crippen molar-refractivity contribution in [2.75, 3.05) is 0 Å². The molecule has 3 heteroatoms. The minimum atomic E-state index is 0.423. The summed E-state index contributed by atoms with van der Waals surface area (Å²) in [5, 5.41) is 0. The summed E-state index contributed by atoms with van der Waals surface area (Å²) < 4.78 is 0. The molecule has 0 fully saturated rings. The Morgan fingerprint density at radius 2 is 2.23 bits per heavy atom. The van der Waals surface area contributed by atoms with E-state index in [1.165, 1.54) is 6.20 Å². The van der Waals surface area contributed by atoms with Crippen LogP contribution in [0.3, 0.4) is 0 Å². The number of aromatic nitrogens is 2. The van der Waals surface area contributed by atoms with Gasteiger partial charge >= 0.3 is 0 Å². The molecule has 0 aromatic carbocycles. The molecule has 3 nitrogen and oxygen atoms in total. The predicted molar refractivity (Wildman–Crippen MR) is 54.0 cm³/mol. The average Bonchev–Trinajstić information content (AvgIpc) is 2.17. The first-order valence-corrected chi connectivity index (χ1v) is 4.37. The summed E-state index contributed by atoms with van der Waals surface area (Å²) in [7, 11) is 0. The third-order valence-electron chi connectivity index (χ3n) is 1.87. The molecule has 0 aliphatic carbocycles. The monoisotopic (exact) mass is 177 g/mol. The van der Waals surface area contributed by atoms with Crippen LogP contribution in [0.5, 0.6) is 0 Å². The van der Waals surface area contributed by atoms with Crippen molar-refractivity contribution in [3.05, 3.63) is 30.0 Å². The zero-order chi connectivity index (χ0) is 9.84. The molecule has 0 bridgehead atoms. The molecule has 0 saturated carbocycles. The topological polar surface area (TPSA) is 51.8 Å². The van der Waals surface area contributed by atoms with Gasteiger partial charge < -0.3 is 5.73 Å². The summed E-state index contributed by atoms with van der Waals surface area (Å²) in [5.74, 6) is 1.14. The molecule has 0 amide bonds. The van der Waals surface area contributed by atoms with Crippen LogP contribution in [0.1, 0.15) is 38.2 Å². The molecule has 0 aliphatic heterocycles. The number of allylic oxidation sites excluding steroid dienone is 1. The van der Waals surface area contributed by atoms with E-state index in [0.717, 1.165) is 11.3 Å². The van der Waals surface area contributed by atoms with Crippen molar-refractivity contribution in [1.82, 2.24) is 9.97 Å². The van der Waals surface area contributed by atoms with E-state index in [-0.39, 0.29) is 0 Å². The van der Waals surface area contributed by atoms with Gasteiger partial charge in [-0.15, -0.1) is 0 Å². The predicted octanol–water partition coefficient (Wildman–Crippen LogP) is 1.92. The molecular formula is C10H15N3. The number of hydrogen-bond acceptors (Lipinski definition) is 3. The Hall–Kier alpha value is -1.38. The molecule has 0 radical (unpaired) electrons. The largest absolute Gasteiger partial charge is 0.404 e. The average molecular weight is 177 g/mol. The van der Waals surface area contributed by atoms with Gasteiger partial charge in [0, 0.05) is 23.7 Å². The number of nitrogens with zero attached hydrogens (tertiary/aromatic N) is 2. The zero-order valence-electron chi connectivity index (χ0n) is 8.28. The molecule has 13 heavy (non-hydrogen) atoms. The summed E-state index contributed by atoms with van der Waals surface area (Å²) in [4.78, 5) is 8.52. The molecule has 1 aromatic heterocycles. The van der Waals surface area contributed by atoms with Gasteiger partial charge in [-0.25, -0.2) is 9.97 Å². The lowest BCUT2D eigenvalue weighted by Gasteiger charge is -2.05. The first kappa shape index (κ1) is 9.71. The van der Waals surface area contributed by atoms with Crippen molar-refractivity contribution in [2.24, 2.45) is 5.73 Å². The summed E-state index contributed by atoms with van der Waals surface area (Å²) in [5.41, 5.74) is 7.34. The lowest BCUT2D eigenvalue weighted by Crippen LogP contribution is -1.99. The lowest BCUT2D eigenvalue weighted by atomic mass is 10.1. The van der Waals surface area contributed by atoms with E-state index in [4.69, 9.17) is 5.73 Å². The van der Waals surface area contributed by atoms with Crippen molar-refractivity contribution >= 4 is 5.57 Å². The third kappa shape index (κ3) is 2.28. The van der Waals surface area contributed by atoms with Gasteiger partial charge in [-0.2, -0.15) is 0 Å². The second-order valence-electron chi connectivity index (χ2n) is 3.31. The highest BCUT2D eigenvalue weighted by Gasteiger charge is 2.03. The highest BCUT2D eigenvalue weighted by atomic mass is 14.9. The van der Waals surface area contributed by atoms with Gasteiger partial charge in [0.25, 0.3) is 0 Å². The lowest BCUT2D eigenvalue weighted by molar-refractivity contribution is 0.809. The highest BCUT2D eigenvalue weighted by molar-refractivity contribution is 5.56. The minimum absolute atomic E-state index is 0.423. The molecular weight excluding hydrogens is 162 g/mol. The van der Waals surface area contributed by atoms with Crippen LogP contribution in [0, 0.1) is 0 Å². The molecule has 1 aromatic rings. The van der Waals surface area contributed by atoms with E-state index in [1.807, 2.05) is 13.0 Å². The van der Waals surface area contributed by atoms with Crippen LogP contribution in [0.2, 0.25) is 0 Å². The van der Waals surface area contributed by atoms with Crippen LogP contribution < -0.4 is 5.73 Å². The van der Waals surface area contributed by atoms with Gasteiger partial charge in [-0.3, -0.25) is 0 Å². The number of hydrogen-bond donors (Lipinski definition) is 1. The Kier molecular flexibility index (Phi) is 3.01. The normalized spacial score (nSPS) is 12.2. The second kappa shape index (κ2) is 4.03. The fourth-order valence-corrected chi connectivity index (χ4v) is 0.959. The van der Waals surface area contributed by atoms with Gasteiger partial charge in [0.05, 0.1) is 0 Å². The van der Waals surface area contributed by atoms with E-state index in [2.05, 4.69) is 23.8 Å². The quantitative estimate of drug-likeness (QED) is 0.750. The molecule has 1 rings (SSSR count). The number of rotatable bonds is 2. The van der Waals surface area contributed by atoms with E-state index >= 15 is 0 Å². The van der Waals surface area contributed by atoms with Crippen LogP contribution in [0.15, 0.2) is 18.5 Å². The summed E-state index contributed by atoms with van der Waals surface area (Å²) in [6.07, 6.45) is 3.30. The zero-order valence-corrected chi connectivity index (χ0v) is 8.28. The SMILES string of the molecule is C/C(=C/N)c1nccc(C(C)C)n1. The van der Waals surface area contributed by atoms with Crippen LogP contribution in [-0.4, -0.2) is 9.97 Å². The van der Waals surface area contributed by atoms with E-state index in [1.54, 1.807) is 6.20 Å². The van der Waals surface area contributed by atoms with E-state index in [9.17, 15) is 0 Å². The maximum absolute atomic E-state index is 5.39. The molecule has 0 atom stereocenters. The van der Waals surface area contributed by atoms with Gasteiger partial charge in [-0.1, -0.05) is 13.8 Å². The number of nitrogens with two attached hydrogens (primary N) is 1. The first-order chi connectivity index (χ1) is 6.15. The first-order valence-electron chi connectivity index (χ1n) is 4.37. The van der Waals surface area contributed by atoms with Crippen LogP contribution in [0.25, 0.3) is 5.57 Å². The molecule has 70 valence electrons. The summed E-state index contributed by atoms with van der Waals surface area (Å²) >= 11 is 0. The third-order valence-corrected chi connectivity index (χ3v) is 1.87. The van der Waals surface area contributed by atoms with Crippen molar-refractivity contribution < 1.29 is 0 Å². The highest BCUT2D eigenvalue weighted by Crippen LogP contribution is 2.13. The van der Waals surface area contributed by atoms with E-state index < -0.39 is 0 Å². The van der Waals surface area contributed by atoms with Crippen molar-refractivity contribution in [3.63, 3.8) is 0 Å². The molecule has 0 unspecified atom stereocenters. The molecule has 0 spiro atoms. The van der Waals surface area contributed by atoms with Crippen molar-refractivity contribution in [3.8, 4) is 0 Å². The van der Waals surface area contributed by atoms with Crippen molar-refractivity contribution in [1.29, 1.82) is 0 Å². The Morgan fingerprint density at radius 1 is 1.54 bits per heavy atom. The fraction of sp³-hybridized carbons (Fsp3) is 0.400. The Labute approximate surface area is 78.7 Å².